The highest BCUT2D eigenvalue weighted by atomic mass is 35.5. The Bertz CT molecular complexity index is 280. The maximum absolute atomic E-state index is 11.4. The monoisotopic (exact) mass is 282 g/mol. The molecule has 0 bridgehead atoms. The molecule has 0 radical (unpaired) electrons. The molecular formula is C9H19ClN4O2S. The number of hydrogen-bond acceptors (Lipinski definition) is 5. The number of amides is 3. The molecule has 0 aromatic carbocycles. The van der Waals surface area contributed by atoms with Crippen LogP contribution in [0.15, 0.2) is 0 Å². The highest BCUT2D eigenvalue weighted by molar-refractivity contribution is 7.99. The van der Waals surface area contributed by atoms with Gasteiger partial charge in [0, 0.05) is 31.1 Å². The van der Waals surface area contributed by atoms with Gasteiger partial charge in [-0.1, -0.05) is 0 Å². The summed E-state index contributed by atoms with van der Waals surface area (Å²) in [6.45, 7) is 4.01. The molecule has 3 amide bonds. The number of urea groups is 1. The second kappa shape index (κ2) is 7.75. The Hall–Kier alpha value is -0.500. The lowest BCUT2D eigenvalue weighted by Crippen LogP contribution is -2.46. The van der Waals surface area contributed by atoms with Crippen LogP contribution in [0.1, 0.15) is 6.92 Å². The lowest BCUT2D eigenvalue weighted by Gasteiger charge is -2.19. The Morgan fingerprint density at radius 2 is 2.12 bits per heavy atom. The second-order valence-corrected chi connectivity index (χ2v) is 4.94. The molecule has 0 aliphatic carbocycles. The zero-order valence-electron chi connectivity index (χ0n) is 9.75. The zero-order valence-corrected chi connectivity index (χ0v) is 11.4. The SMILES string of the molecule is C[C@@]1(CSCCNCCN)NC(=O)NC1=O.Cl. The third-order valence-electron chi connectivity index (χ3n) is 2.25. The van der Waals surface area contributed by atoms with Gasteiger partial charge in [-0.25, -0.2) is 4.79 Å². The molecule has 8 heteroatoms. The average molecular weight is 283 g/mol. The van der Waals surface area contributed by atoms with Gasteiger partial charge in [-0.2, -0.15) is 11.8 Å². The molecular weight excluding hydrogens is 264 g/mol. The number of halogens is 1. The van der Waals surface area contributed by atoms with Crippen LogP contribution < -0.4 is 21.7 Å². The van der Waals surface area contributed by atoms with Gasteiger partial charge >= 0.3 is 6.03 Å². The molecule has 1 rings (SSSR count). The van der Waals surface area contributed by atoms with Crippen LogP contribution in [0.2, 0.25) is 0 Å². The fourth-order valence-corrected chi connectivity index (χ4v) is 2.37. The van der Waals surface area contributed by atoms with Crippen LogP contribution in [-0.2, 0) is 4.79 Å². The number of rotatable bonds is 7. The van der Waals surface area contributed by atoms with E-state index in [4.69, 9.17) is 5.73 Å². The first-order valence-corrected chi connectivity index (χ1v) is 6.36. The Kier molecular flexibility index (Phi) is 7.53. The summed E-state index contributed by atoms with van der Waals surface area (Å²) in [7, 11) is 0. The maximum Gasteiger partial charge on any atom is 0.322 e. The Labute approximate surface area is 111 Å². The van der Waals surface area contributed by atoms with Gasteiger partial charge in [0.05, 0.1) is 0 Å². The molecule has 5 N–H and O–H groups in total. The van der Waals surface area contributed by atoms with Gasteiger partial charge in [0.15, 0.2) is 0 Å². The molecule has 0 saturated carbocycles. The van der Waals surface area contributed by atoms with Crippen molar-refractivity contribution >= 4 is 36.1 Å². The van der Waals surface area contributed by atoms with Crippen molar-refractivity contribution in [1.82, 2.24) is 16.0 Å². The predicted molar refractivity (Wildman–Crippen MR) is 71.6 cm³/mol. The van der Waals surface area contributed by atoms with Crippen molar-refractivity contribution in [1.29, 1.82) is 0 Å². The van der Waals surface area contributed by atoms with Gasteiger partial charge in [0.2, 0.25) is 0 Å². The third kappa shape index (κ3) is 5.12. The molecule has 1 saturated heterocycles. The van der Waals surface area contributed by atoms with Crippen molar-refractivity contribution in [2.24, 2.45) is 5.73 Å². The van der Waals surface area contributed by atoms with Crippen LogP contribution in [0, 0.1) is 0 Å². The molecule has 1 aliphatic rings. The second-order valence-electron chi connectivity index (χ2n) is 3.83. The van der Waals surface area contributed by atoms with Crippen LogP contribution in [0.3, 0.4) is 0 Å². The summed E-state index contributed by atoms with van der Waals surface area (Å²) in [4.78, 5) is 22.4. The van der Waals surface area contributed by atoms with Crippen LogP contribution in [-0.4, -0.2) is 48.6 Å². The predicted octanol–water partition coefficient (Wildman–Crippen LogP) is -0.712. The summed E-state index contributed by atoms with van der Waals surface area (Å²) in [5.74, 6) is 1.22. The molecule has 0 aromatic heterocycles. The summed E-state index contributed by atoms with van der Waals surface area (Å²) >= 11 is 1.63. The average Bonchev–Trinajstić information content (AvgIpc) is 2.47. The highest BCUT2D eigenvalue weighted by Crippen LogP contribution is 2.16. The molecule has 17 heavy (non-hydrogen) atoms. The maximum atomic E-state index is 11.4. The van der Waals surface area contributed by atoms with E-state index in [1.807, 2.05) is 0 Å². The van der Waals surface area contributed by atoms with Crippen molar-refractivity contribution < 1.29 is 9.59 Å². The van der Waals surface area contributed by atoms with E-state index < -0.39 is 11.6 Å². The molecule has 1 aliphatic heterocycles. The molecule has 0 unspecified atom stereocenters. The van der Waals surface area contributed by atoms with Gasteiger partial charge in [-0.15, -0.1) is 12.4 Å². The molecule has 0 aromatic rings. The topological polar surface area (TPSA) is 96.2 Å². The van der Waals surface area contributed by atoms with Crippen molar-refractivity contribution in [3.63, 3.8) is 0 Å². The van der Waals surface area contributed by atoms with E-state index in [0.29, 0.717) is 12.3 Å². The number of nitrogens with two attached hydrogens (primary N) is 1. The Morgan fingerprint density at radius 3 is 2.65 bits per heavy atom. The van der Waals surface area contributed by atoms with E-state index in [2.05, 4.69) is 16.0 Å². The molecule has 100 valence electrons. The van der Waals surface area contributed by atoms with Crippen LogP contribution in [0.5, 0.6) is 0 Å². The number of nitrogens with one attached hydrogen (secondary N) is 3. The Morgan fingerprint density at radius 1 is 1.41 bits per heavy atom. The van der Waals surface area contributed by atoms with Gasteiger partial charge in [-0.3, -0.25) is 10.1 Å². The lowest BCUT2D eigenvalue weighted by molar-refractivity contribution is -0.122. The number of hydrogen-bond donors (Lipinski definition) is 4. The minimum Gasteiger partial charge on any atom is -0.329 e. The molecule has 1 atom stereocenters. The fraction of sp³-hybridized carbons (Fsp3) is 0.778. The molecule has 1 fully saturated rings. The van der Waals surface area contributed by atoms with E-state index in [9.17, 15) is 9.59 Å². The van der Waals surface area contributed by atoms with Crippen LogP contribution >= 0.6 is 24.2 Å². The number of carbonyl (C=O) groups excluding carboxylic acids is 2. The first kappa shape index (κ1) is 16.5. The number of carbonyl (C=O) groups is 2. The van der Waals surface area contributed by atoms with E-state index in [0.717, 1.165) is 18.8 Å². The van der Waals surface area contributed by atoms with Crippen molar-refractivity contribution in [3.05, 3.63) is 0 Å². The quantitative estimate of drug-likeness (QED) is 0.365. The normalized spacial score (nSPS) is 22.9. The summed E-state index contributed by atoms with van der Waals surface area (Å²) < 4.78 is 0. The standard InChI is InChI=1S/C9H18N4O2S.ClH/c1-9(7(14)12-8(15)13-9)6-16-5-4-11-3-2-10;/h11H,2-6,10H2,1H3,(H2,12,13,14,15);1H/t9-;/m0./s1. The minimum atomic E-state index is -0.768. The summed E-state index contributed by atoms with van der Waals surface area (Å²) in [5, 5.41) is 8.01. The van der Waals surface area contributed by atoms with E-state index in [1.54, 1.807) is 18.7 Å². The summed E-state index contributed by atoms with van der Waals surface area (Å²) in [6.07, 6.45) is 0. The largest absolute Gasteiger partial charge is 0.329 e. The molecule has 6 nitrogen and oxygen atoms in total. The van der Waals surface area contributed by atoms with Gasteiger partial charge in [0.25, 0.3) is 5.91 Å². The first-order chi connectivity index (χ1) is 7.58. The summed E-state index contributed by atoms with van der Waals surface area (Å²) in [6, 6.07) is -0.408. The Balaban J connectivity index is 0.00000256. The minimum absolute atomic E-state index is 0. The van der Waals surface area contributed by atoms with Crippen molar-refractivity contribution in [2.75, 3.05) is 31.1 Å². The van der Waals surface area contributed by atoms with Crippen molar-refractivity contribution in [3.8, 4) is 0 Å². The van der Waals surface area contributed by atoms with Gasteiger partial charge < -0.3 is 16.4 Å². The molecule has 1 heterocycles. The van der Waals surface area contributed by atoms with Crippen LogP contribution in [0.25, 0.3) is 0 Å². The number of imide groups is 1. The van der Waals surface area contributed by atoms with E-state index in [-0.39, 0.29) is 18.3 Å². The van der Waals surface area contributed by atoms with Gasteiger partial charge in [0.1, 0.15) is 5.54 Å². The lowest BCUT2D eigenvalue weighted by atomic mass is 10.1. The first-order valence-electron chi connectivity index (χ1n) is 5.20. The van der Waals surface area contributed by atoms with E-state index in [1.165, 1.54) is 0 Å². The highest BCUT2D eigenvalue weighted by Gasteiger charge is 2.41. The van der Waals surface area contributed by atoms with Gasteiger partial charge in [-0.05, 0) is 6.92 Å². The van der Waals surface area contributed by atoms with Crippen molar-refractivity contribution in [2.45, 2.75) is 12.5 Å². The summed E-state index contributed by atoms with van der Waals surface area (Å²) in [5.41, 5.74) is 4.56. The third-order valence-corrected chi connectivity index (χ3v) is 3.53. The fourth-order valence-electron chi connectivity index (χ4n) is 1.33. The molecule has 0 spiro atoms. The zero-order chi connectivity index (χ0) is 12.0. The van der Waals surface area contributed by atoms with E-state index >= 15 is 0 Å². The smallest absolute Gasteiger partial charge is 0.322 e. The number of thioether (sulfide) groups is 1. The van der Waals surface area contributed by atoms with Crippen LogP contribution in [0.4, 0.5) is 4.79 Å².